The monoisotopic (exact) mass is 407 g/mol. The van der Waals surface area contributed by atoms with E-state index in [2.05, 4.69) is 112 Å². The molecule has 4 unspecified atom stereocenters. The highest BCUT2D eigenvalue weighted by molar-refractivity contribution is 5.48. The first-order valence-corrected chi connectivity index (χ1v) is 10.8. The van der Waals surface area contributed by atoms with E-state index in [0.29, 0.717) is 6.42 Å². The second-order valence-corrected chi connectivity index (χ2v) is 9.16. The maximum Gasteiger partial charge on any atom is 0.0768 e. The van der Waals surface area contributed by atoms with Gasteiger partial charge in [0.15, 0.2) is 0 Å². The zero-order valence-electron chi connectivity index (χ0n) is 19.3. The first kappa shape index (κ1) is 22.4. The van der Waals surface area contributed by atoms with Crippen LogP contribution in [0.4, 0.5) is 11.4 Å². The van der Waals surface area contributed by atoms with E-state index >= 15 is 0 Å². The Labute approximate surface area is 182 Å². The van der Waals surface area contributed by atoms with Crippen molar-refractivity contribution in [3.8, 4) is 0 Å². The molecule has 0 bridgehead atoms. The van der Waals surface area contributed by atoms with Crippen molar-refractivity contribution in [2.45, 2.75) is 38.0 Å². The van der Waals surface area contributed by atoms with Crippen LogP contribution in [0.15, 0.2) is 61.2 Å². The maximum atomic E-state index is 11.8. The summed E-state index contributed by atoms with van der Waals surface area (Å²) in [6.45, 7) is 8.25. The van der Waals surface area contributed by atoms with Crippen molar-refractivity contribution in [1.82, 2.24) is 5.32 Å². The molecule has 4 atom stereocenters. The predicted molar refractivity (Wildman–Crippen MR) is 128 cm³/mol. The van der Waals surface area contributed by atoms with Gasteiger partial charge in [0.25, 0.3) is 0 Å². The number of hydrogen-bond donors (Lipinski definition) is 2. The number of piperidine rings is 1. The highest BCUT2D eigenvalue weighted by atomic mass is 16.3. The fourth-order valence-corrected chi connectivity index (χ4v) is 4.81. The van der Waals surface area contributed by atoms with Crippen LogP contribution in [0.25, 0.3) is 0 Å². The maximum absolute atomic E-state index is 11.8. The van der Waals surface area contributed by atoms with Crippen molar-refractivity contribution in [3.05, 3.63) is 72.3 Å². The van der Waals surface area contributed by atoms with Crippen LogP contribution in [0.2, 0.25) is 0 Å². The van der Waals surface area contributed by atoms with Gasteiger partial charge in [0, 0.05) is 63.5 Å². The third kappa shape index (κ3) is 4.12. The van der Waals surface area contributed by atoms with Crippen molar-refractivity contribution in [3.63, 3.8) is 0 Å². The molecule has 4 heteroatoms. The molecule has 162 valence electrons. The van der Waals surface area contributed by atoms with E-state index in [0.717, 1.165) is 0 Å². The van der Waals surface area contributed by atoms with Gasteiger partial charge in [-0.25, -0.2) is 0 Å². The Balaban J connectivity index is 1.99. The smallest absolute Gasteiger partial charge is 0.0768 e. The average molecular weight is 408 g/mol. The molecule has 0 saturated carbocycles. The molecule has 1 aliphatic heterocycles. The van der Waals surface area contributed by atoms with Crippen LogP contribution in [0.1, 0.15) is 43.5 Å². The van der Waals surface area contributed by atoms with Gasteiger partial charge in [0.05, 0.1) is 5.60 Å². The summed E-state index contributed by atoms with van der Waals surface area (Å²) in [5, 5.41) is 15.7. The van der Waals surface area contributed by atoms with Crippen LogP contribution >= 0.6 is 0 Å². The molecule has 0 aromatic heterocycles. The van der Waals surface area contributed by atoms with Gasteiger partial charge in [0.1, 0.15) is 0 Å². The number of rotatable bonds is 6. The fourth-order valence-electron chi connectivity index (χ4n) is 4.81. The summed E-state index contributed by atoms with van der Waals surface area (Å²) in [5.74, 6) is 0.0982. The van der Waals surface area contributed by atoms with Crippen LogP contribution in [-0.2, 0) is 0 Å². The van der Waals surface area contributed by atoms with E-state index < -0.39 is 5.60 Å². The normalized spacial score (nSPS) is 28.8. The highest BCUT2D eigenvalue weighted by Crippen LogP contribution is 2.48. The summed E-state index contributed by atoms with van der Waals surface area (Å²) in [6, 6.07) is 17.4. The lowest BCUT2D eigenvalue weighted by atomic mass is 9.64. The third-order valence-electron chi connectivity index (χ3n) is 6.94. The van der Waals surface area contributed by atoms with Crippen LogP contribution in [-0.4, -0.2) is 38.9 Å². The summed E-state index contributed by atoms with van der Waals surface area (Å²) < 4.78 is 0. The molecular formula is C26H37N3O. The van der Waals surface area contributed by atoms with Crippen molar-refractivity contribution in [1.29, 1.82) is 0 Å². The largest absolute Gasteiger partial charge is 0.389 e. The molecule has 2 aromatic rings. The van der Waals surface area contributed by atoms with Crippen LogP contribution in [0, 0.1) is 11.8 Å². The van der Waals surface area contributed by atoms with E-state index in [4.69, 9.17) is 0 Å². The van der Waals surface area contributed by atoms with Gasteiger partial charge < -0.3 is 20.2 Å². The van der Waals surface area contributed by atoms with Crippen molar-refractivity contribution in [2.75, 3.05) is 38.0 Å². The zero-order valence-corrected chi connectivity index (χ0v) is 19.3. The van der Waals surface area contributed by atoms with Crippen LogP contribution in [0.3, 0.4) is 0 Å². The third-order valence-corrected chi connectivity index (χ3v) is 6.94. The second kappa shape index (κ2) is 8.83. The Morgan fingerprint density at radius 1 is 0.833 bits per heavy atom. The minimum atomic E-state index is -0.831. The van der Waals surface area contributed by atoms with Gasteiger partial charge in [-0.1, -0.05) is 44.2 Å². The molecule has 1 aliphatic rings. The Kier molecular flexibility index (Phi) is 6.59. The number of anilines is 2. The SMILES string of the molecule is C=CCC1(O)C(C)C(c2ccc(N(C)C)cc2)NC(c2ccc(N(C)C)cc2)C1C. The van der Waals surface area contributed by atoms with Gasteiger partial charge in [-0.3, -0.25) is 0 Å². The summed E-state index contributed by atoms with van der Waals surface area (Å²) in [5.41, 5.74) is 3.93. The summed E-state index contributed by atoms with van der Waals surface area (Å²) in [4.78, 5) is 4.21. The number of benzene rings is 2. The van der Waals surface area contributed by atoms with Crippen LogP contribution < -0.4 is 15.1 Å². The molecule has 1 heterocycles. The van der Waals surface area contributed by atoms with E-state index in [-0.39, 0.29) is 23.9 Å². The van der Waals surface area contributed by atoms with Crippen molar-refractivity contribution in [2.24, 2.45) is 11.8 Å². The molecule has 1 saturated heterocycles. The van der Waals surface area contributed by atoms with E-state index in [1.807, 2.05) is 6.08 Å². The molecule has 0 amide bonds. The Bertz CT molecular complexity index is 778. The van der Waals surface area contributed by atoms with Gasteiger partial charge in [-0.05, 0) is 41.8 Å². The summed E-state index contributed by atoms with van der Waals surface area (Å²) in [7, 11) is 8.20. The Hall–Kier alpha value is -2.30. The average Bonchev–Trinajstić information content (AvgIpc) is 2.73. The molecular weight excluding hydrogens is 370 g/mol. The summed E-state index contributed by atoms with van der Waals surface area (Å²) in [6.07, 6.45) is 2.44. The lowest BCUT2D eigenvalue weighted by Crippen LogP contribution is -2.57. The molecule has 0 aliphatic carbocycles. The number of nitrogens with one attached hydrogen (secondary N) is 1. The van der Waals surface area contributed by atoms with Gasteiger partial charge >= 0.3 is 0 Å². The number of hydrogen-bond acceptors (Lipinski definition) is 4. The second-order valence-electron chi connectivity index (χ2n) is 9.16. The number of aliphatic hydroxyl groups is 1. The van der Waals surface area contributed by atoms with Crippen molar-refractivity contribution >= 4 is 11.4 Å². The standard InChI is InChI=1S/C26H37N3O/c1-8-17-26(30)18(2)24(20-9-13-22(14-10-20)28(4)5)27-25(19(26)3)21-11-15-23(16-12-21)29(6)7/h8-16,18-19,24-25,27,30H,1,17H2,2-7H3. The molecule has 30 heavy (non-hydrogen) atoms. The molecule has 0 radical (unpaired) electrons. The first-order chi connectivity index (χ1) is 14.2. The molecule has 1 fully saturated rings. The van der Waals surface area contributed by atoms with E-state index in [1.165, 1.54) is 22.5 Å². The predicted octanol–water partition coefficient (Wildman–Crippen LogP) is 4.78. The quantitative estimate of drug-likeness (QED) is 0.676. The Morgan fingerprint density at radius 3 is 1.50 bits per heavy atom. The molecule has 2 aromatic carbocycles. The highest BCUT2D eigenvalue weighted by Gasteiger charge is 2.50. The zero-order chi connectivity index (χ0) is 22.1. The Morgan fingerprint density at radius 2 is 1.20 bits per heavy atom. The van der Waals surface area contributed by atoms with Gasteiger partial charge in [0.2, 0.25) is 0 Å². The van der Waals surface area contributed by atoms with Crippen LogP contribution in [0.5, 0.6) is 0 Å². The van der Waals surface area contributed by atoms with Gasteiger partial charge in [-0.15, -0.1) is 6.58 Å². The first-order valence-electron chi connectivity index (χ1n) is 10.8. The van der Waals surface area contributed by atoms with Crippen molar-refractivity contribution < 1.29 is 5.11 Å². The molecule has 3 rings (SSSR count). The minimum Gasteiger partial charge on any atom is -0.389 e. The molecule has 0 spiro atoms. The molecule has 4 nitrogen and oxygen atoms in total. The minimum absolute atomic E-state index is 0.0491. The molecule has 2 N–H and O–H groups in total. The lowest BCUT2D eigenvalue weighted by Gasteiger charge is -2.52. The lowest BCUT2D eigenvalue weighted by molar-refractivity contribution is -0.108. The van der Waals surface area contributed by atoms with E-state index in [1.54, 1.807) is 0 Å². The van der Waals surface area contributed by atoms with E-state index in [9.17, 15) is 5.11 Å². The summed E-state index contributed by atoms with van der Waals surface area (Å²) >= 11 is 0. The fraction of sp³-hybridized carbons (Fsp3) is 0.462. The number of nitrogens with zero attached hydrogens (tertiary/aromatic N) is 2. The topological polar surface area (TPSA) is 38.7 Å². The van der Waals surface area contributed by atoms with Gasteiger partial charge in [-0.2, -0.15) is 0 Å².